The van der Waals surface area contributed by atoms with Gasteiger partial charge in [-0.15, -0.1) is 0 Å². The van der Waals surface area contributed by atoms with E-state index >= 15 is 0 Å². The maximum atomic E-state index is 12.3. The van der Waals surface area contributed by atoms with Crippen molar-refractivity contribution in [3.8, 4) is 0 Å². The number of rotatable bonds is 6. The fraction of sp³-hybridized carbons (Fsp3) is 0.579. The van der Waals surface area contributed by atoms with Crippen LogP contribution in [-0.2, 0) is 6.54 Å². The van der Waals surface area contributed by atoms with Crippen LogP contribution in [0.5, 0.6) is 0 Å². The Kier molecular flexibility index (Phi) is 5.63. The van der Waals surface area contributed by atoms with Gasteiger partial charge in [-0.25, -0.2) is 4.98 Å². The summed E-state index contributed by atoms with van der Waals surface area (Å²) in [4.78, 5) is 22.4. The first-order valence-corrected chi connectivity index (χ1v) is 9.10. The Bertz CT molecular complexity index is 721. The predicted molar refractivity (Wildman–Crippen MR) is 98.1 cm³/mol. The second-order valence-electron chi connectivity index (χ2n) is 6.91. The molecule has 1 atom stereocenters. The molecule has 2 N–H and O–H groups in total. The van der Waals surface area contributed by atoms with Gasteiger partial charge in [0.1, 0.15) is 5.82 Å². The third-order valence-corrected chi connectivity index (χ3v) is 5.18. The van der Waals surface area contributed by atoms with Crippen LogP contribution in [0.15, 0.2) is 29.1 Å². The van der Waals surface area contributed by atoms with Gasteiger partial charge in [-0.3, -0.25) is 9.69 Å². The minimum Gasteiger partial charge on any atom is -0.317 e. The molecule has 1 aliphatic rings. The molecule has 5 heteroatoms. The molecule has 2 heterocycles. The second kappa shape index (κ2) is 7.90. The summed E-state index contributed by atoms with van der Waals surface area (Å²) in [6, 6.07) is 8.03. The number of fused-ring (bicyclic) bond motifs is 1. The smallest absolute Gasteiger partial charge is 0.258 e. The Labute approximate surface area is 143 Å². The number of hydrogen-bond donors (Lipinski definition) is 2. The molecule has 2 aromatic rings. The van der Waals surface area contributed by atoms with E-state index in [9.17, 15) is 4.79 Å². The van der Waals surface area contributed by atoms with E-state index < -0.39 is 0 Å². The van der Waals surface area contributed by atoms with Crippen LogP contribution in [0.4, 0.5) is 0 Å². The first-order chi connectivity index (χ1) is 11.7. The van der Waals surface area contributed by atoms with Crippen molar-refractivity contribution in [2.75, 3.05) is 19.6 Å². The highest BCUT2D eigenvalue weighted by molar-refractivity contribution is 5.77. The molecule has 0 spiro atoms. The van der Waals surface area contributed by atoms with E-state index in [2.05, 4.69) is 34.0 Å². The number of H-pyrrole nitrogens is 1. The van der Waals surface area contributed by atoms with Crippen molar-refractivity contribution >= 4 is 10.9 Å². The zero-order chi connectivity index (χ0) is 16.9. The topological polar surface area (TPSA) is 61.0 Å². The standard InChI is InChI=1S/C19H28N4O/c1-3-14(2)23(12-15-8-10-20-11-9-15)13-18-21-17-7-5-4-6-16(17)19(24)22-18/h4-7,14-15,20H,3,8-13H2,1-2H3,(H,21,22,24). The lowest BCUT2D eigenvalue weighted by atomic mass is 9.96. The molecule has 0 aliphatic carbocycles. The zero-order valence-corrected chi connectivity index (χ0v) is 14.7. The van der Waals surface area contributed by atoms with Crippen LogP contribution in [0.3, 0.4) is 0 Å². The molecule has 1 unspecified atom stereocenters. The highest BCUT2D eigenvalue weighted by Crippen LogP contribution is 2.18. The summed E-state index contributed by atoms with van der Waals surface area (Å²) in [5.41, 5.74) is 0.740. The highest BCUT2D eigenvalue weighted by Gasteiger charge is 2.21. The Morgan fingerprint density at radius 3 is 2.79 bits per heavy atom. The van der Waals surface area contributed by atoms with Crippen molar-refractivity contribution in [2.24, 2.45) is 5.92 Å². The van der Waals surface area contributed by atoms with Crippen molar-refractivity contribution in [1.29, 1.82) is 0 Å². The molecule has 24 heavy (non-hydrogen) atoms. The molecule has 1 aromatic carbocycles. The van der Waals surface area contributed by atoms with E-state index in [0.29, 0.717) is 18.0 Å². The molecule has 1 aromatic heterocycles. The lowest BCUT2D eigenvalue weighted by Crippen LogP contribution is -2.40. The molecule has 0 amide bonds. The lowest BCUT2D eigenvalue weighted by Gasteiger charge is -2.33. The number of nitrogens with zero attached hydrogens (tertiary/aromatic N) is 2. The average Bonchev–Trinajstić information content (AvgIpc) is 2.61. The number of nitrogens with one attached hydrogen (secondary N) is 2. The first-order valence-electron chi connectivity index (χ1n) is 9.10. The molecule has 0 radical (unpaired) electrons. The van der Waals surface area contributed by atoms with Gasteiger partial charge >= 0.3 is 0 Å². The number of para-hydroxylation sites is 1. The first kappa shape index (κ1) is 17.1. The van der Waals surface area contributed by atoms with Gasteiger partial charge in [0.05, 0.1) is 17.4 Å². The molecule has 0 saturated carbocycles. The van der Waals surface area contributed by atoms with Crippen molar-refractivity contribution in [1.82, 2.24) is 20.2 Å². The molecular formula is C19H28N4O. The minimum atomic E-state index is -0.0402. The number of benzene rings is 1. The number of piperidine rings is 1. The summed E-state index contributed by atoms with van der Waals surface area (Å²) in [6.45, 7) is 8.50. The Morgan fingerprint density at radius 2 is 2.04 bits per heavy atom. The molecule has 1 fully saturated rings. The van der Waals surface area contributed by atoms with Gasteiger partial charge in [-0.05, 0) is 57.3 Å². The molecule has 1 saturated heterocycles. The normalized spacial score (nSPS) is 17.5. The Morgan fingerprint density at radius 1 is 1.29 bits per heavy atom. The van der Waals surface area contributed by atoms with Crippen LogP contribution in [0.1, 0.15) is 38.9 Å². The van der Waals surface area contributed by atoms with Crippen LogP contribution in [-0.4, -0.2) is 40.5 Å². The third-order valence-electron chi connectivity index (χ3n) is 5.18. The Balaban J connectivity index is 1.80. The quantitative estimate of drug-likeness (QED) is 0.855. The number of hydrogen-bond acceptors (Lipinski definition) is 4. The third kappa shape index (κ3) is 4.02. The summed E-state index contributed by atoms with van der Waals surface area (Å²) in [6.07, 6.45) is 3.56. The van der Waals surface area contributed by atoms with Gasteiger partial charge in [0, 0.05) is 12.6 Å². The maximum Gasteiger partial charge on any atom is 0.258 e. The van der Waals surface area contributed by atoms with Crippen LogP contribution in [0, 0.1) is 5.92 Å². The van der Waals surface area contributed by atoms with E-state index in [4.69, 9.17) is 0 Å². The van der Waals surface area contributed by atoms with Gasteiger partial charge in [-0.2, -0.15) is 0 Å². The molecule has 3 rings (SSSR count). The molecule has 0 bridgehead atoms. The van der Waals surface area contributed by atoms with E-state index in [1.54, 1.807) is 0 Å². The summed E-state index contributed by atoms with van der Waals surface area (Å²) in [5, 5.41) is 4.09. The van der Waals surface area contributed by atoms with Crippen molar-refractivity contribution in [3.63, 3.8) is 0 Å². The van der Waals surface area contributed by atoms with Crippen LogP contribution < -0.4 is 10.9 Å². The van der Waals surface area contributed by atoms with Gasteiger partial charge < -0.3 is 10.3 Å². The van der Waals surface area contributed by atoms with Gasteiger partial charge in [0.2, 0.25) is 0 Å². The fourth-order valence-electron chi connectivity index (χ4n) is 3.46. The molecule has 130 valence electrons. The summed E-state index contributed by atoms with van der Waals surface area (Å²) >= 11 is 0. The van der Waals surface area contributed by atoms with Gasteiger partial charge in [-0.1, -0.05) is 19.1 Å². The zero-order valence-electron chi connectivity index (χ0n) is 14.7. The summed E-state index contributed by atoms with van der Waals surface area (Å²) < 4.78 is 0. The van der Waals surface area contributed by atoms with E-state index in [-0.39, 0.29) is 5.56 Å². The minimum absolute atomic E-state index is 0.0402. The van der Waals surface area contributed by atoms with Crippen molar-refractivity contribution < 1.29 is 0 Å². The monoisotopic (exact) mass is 328 g/mol. The second-order valence-corrected chi connectivity index (χ2v) is 6.91. The SMILES string of the molecule is CCC(C)N(Cc1nc2ccccc2c(=O)[nH]1)CC1CCNCC1. The van der Waals surface area contributed by atoms with Crippen LogP contribution in [0.2, 0.25) is 0 Å². The number of aromatic amines is 1. The summed E-state index contributed by atoms with van der Waals surface area (Å²) in [5.74, 6) is 1.50. The van der Waals surface area contributed by atoms with Crippen LogP contribution in [0.25, 0.3) is 10.9 Å². The van der Waals surface area contributed by atoms with E-state index in [1.165, 1.54) is 12.8 Å². The lowest BCUT2D eigenvalue weighted by molar-refractivity contribution is 0.146. The average molecular weight is 328 g/mol. The van der Waals surface area contributed by atoms with Gasteiger partial charge in [0.25, 0.3) is 5.56 Å². The molecular weight excluding hydrogens is 300 g/mol. The number of aromatic nitrogens is 2. The van der Waals surface area contributed by atoms with E-state index in [1.807, 2.05) is 24.3 Å². The fourth-order valence-corrected chi connectivity index (χ4v) is 3.46. The van der Waals surface area contributed by atoms with E-state index in [0.717, 1.165) is 43.3 Å². The van der Waals surface area contributed by atoms with Crippen molar-refractivity contribution in [2.45, 2.75) is 45.7 Å². The summed E-state index contributed by atoms with van der Waals surface area (Å²) in [7, 11) is 0. The van der Waals surface area contributed by atoms with Crippen molar-refractivity contribution in [3.05, 3.63) is 40.4 Å². The largest absolute Gasteiger partial charge is 0.317 e. The molecule has 1 aliphatic heterocycles. The maximum absolute atomic E-state index is 12.3. The highest BCUT2D eigenvalue weighted by atomic mass is 16.1. The van der Waals surface area contributed by atoms with Gasteiger partial charge in [0.15, 0.2) is 0 Å². The Hall–Kier alpha value is -1.72. The molecule has 5 nitrogen and oxygen atoms in total. The predicted octanol–water partition coefficient (Wildman–Crippen LogP) is 2.52. The van der Waals surface area contributed by atoms with Crippen LogP contribution >= 0.6 is 0 Å².